The van der Waals surface area contributed by atoms with Crippen LogP contribution in [-0.2, 0) is 12.8 Å². The Labute approximate surface area is 256 Å². The molecule has 0 N–H and O–H groups in total. The lowest BCUT2D eigenvalue weighted by Crippen LogP contribution is -2.42. The summed E-state index contributed by atoms with van der Waals surface area (Å²) >= 11 is 0. The van der Waals surface area contributed by atoms with Crippen LogP contribution in [0.3, 0.4) is 0 Å². The Morgan fingerprint density at radius 3 is 1.19 bits per heavy atom. The quantitative estimate of drug-likeness (QED) is 0.143. The molecular formula is C40H52N2. The zero-order valence-electron chi connectivity index (χ0n) is 27.0. The van der Waals surface area contributed by atoms with Crippen molar-refractivity contribution in [3.8, 4) is 11.1 Å². The monoisotopic (exact) mass is 560 g/mol. The molecule has 4 rings (SSSR count). The first kappa shape index (κ1) is 31.4. The Morgan fingerprint density at radius 2 is 0.833 bits per heavy atom. The molecule has 0 saturated carbocycles. The SMILES string of the molecule is CCCCc1ccc(N(CC)c2ccc(-c3ccc(N(c4ccc(CCCC)cc4)C(C)(CC)CC)cc3)cc2)cc1. The third-order valence-electron chi connectivity index (χ3n) is 9.10. The summed E-state index contributed by atoms with van der Waals surface area (Å²) in [5.74, 6) is 0. The van der Waals surface area contributed by atoms with Crippen LogP contribution >= 0.6 is 0 Å². The minimum atomic E-state index is 0.0475. The summed E-state index contributed by atoms with van der Waals surface area (Å²) in [5, 5.41) is 0. The molecule has 2 heteroatoms. The van der Waals surface area contributed by atoms with Crippen LogP contribution in [0.4, 0.5) is 22.7 Å². The second-order valence-electron chi connectivity index (χ2n) is 11.9. The van der Waals surface area contributed by atoms with Crippen LogP contribution < -0.4 is 9.80 Å². The van der Waals surface area contributed by atoms with Gasteiger partial charge in [-0.15, -0.1) is 0 Å². The second-order valence-corrected chi connectivity index (χ2v) is 11.9. The van der Waals surface area contributed by atoms with Gasteiger partial charge in [0.1, 0.15) is 0 Å². The number of aryl methyl sites for hydroxylation is 2. The Hall–Kier alpha value is -3.52. The highest BCUT2D eigenvalue weighted by atomic mass is 15.2. The van der Waals surface area contributed by atoms with Gasteiger partial charge in [-0.05, 0) is 123 Å². The van der Waals surface area contributed by atoms with E-state index in [2.05, 4.69) is 148 Å². The molecule has 0 fully saturated rings. The minimum absolute atomic E-state index is 0.0475. The fourth-order valence-corrected chi connectivity index (χ4v) is 5.91. The lowest BCUT2D eigenvalue weighted by Gasteiger charge is -2.42. The van der Waals surface area contributed by atoms with Gasteiger partial charge in [0.25, 0.3) is 0 Å². The summed E-state index contributed by atoms with van der Waals surface area (Å²) in [6, 6.07) is 36.6. The lowest BCUT2D eigenvalue weighted by molar-refractivity contribution is 0.428. The molecular weight excluding hydrogens is 508 g/mol. The summed E-state index contributed by atoms with van der Waals surface area (Å²) in [6.07, 6.45) is 9.45. The average molecular weight is 561 g/mol. The summed E-state index contributed by atoms with van der Waals surface area (Å²) < 4.78 is 0. The molecule has 4 aromatic rings. The highest BCUT2D eigenvalue weighted by Gasteiger charge is 2.30. The van der Waals surface area contributed by atoms with Gasteiger partial charge >= 0.3 is 0 Å². The van der Waals surface area contributed by atoms with Crippen molar-refractivity contribution in [1.82, 2.24) is 0 Å². The largest absolute Gasteiger partial charge is 0.342 e. The van der Waals surface area contributed by atoms with Crippen molar-refractivity contribution in [3.63, 3.8) is 0 Å². The zero-order valence-corrected chi connectivity index (χ0v) is 27.0. The van der Waals surface area contributed by atoms with Crippen molar-refractivity contribution in [2.45, 2.75) is 98.4 Å². The normalized spacial score (nSPS) is 11.5. The number of rotatable bonds is 15. The smallest absolute Gasteiger partial charge is 0.0418 e. The molecule has 0 amide bonds. The van der Waals surface area contributed by atoms with Crippen molar-refractivity contribution in [1.29, 1.82) is 0 Å². The van der Waals surface area contributed by atoms with Crippen LogP contribution in [0.2, 0.25) is 0 Å². The van der Waals surface area contributed by atoms with Crippen LogP contribution in [0.15, 0.2) is 97.1 Å². The molecule has 42 heavy (non-hydrogen) atoms. The number of unbranched alkanes of at least 4 members (excludes halogenated alkanes) is 2. The predicted molar refractivity (Wildman–Crippen MR) is 186 cm³/mol. The van der Waals surface area contributed by atoms with E-state index >= 15 is 0 Å². The first-order chi connectivity index (χ1) is 20.5. The van der Waals surface area contributed by atoms with E-state index in [0.29, 0.717) is 0 Å². The van der Waals surface area contributed by atoms with Gasteiger partial charge in [-0.25, -0.2) is 0 Å². The number of hydrogen-bond acceptors (Lipinski definition) is 2. The number of hydrogen-bond donors (Lipinski definition) is 0. The van der Waals surface area contributed by atoms with Crippen molar-refractivity contribution < 1.29 is 0 Å². The van der Waals surface area contributed by atoms with Crippen LogP contribution in [-0.4, -0.2) is 12.1 Å². The van der Waals surface area contributed by atoms with Gasteiger partial charge in [0.15, 0.2) is 0 Å². The van der Waals surface area contributed by atoms with E-state index in [4.69, 9.17) is 0 Å². The van der Waals surface area contributed by atoms with Crippen molar-refractivity contribution in [3.05, 3.63) is 108 Å². The molecule has 0 aromatic heterocycles. The predicted octanol–water partition coefficient (Wildman–Crippen LogP) is 11.9. The molecule has 2 nitrogen and oxygen atoms in total. The summed E-state index contributed by atoms with van der Waals surface area (Å²) in [5.41, 5.74) is 10.4. The van der Waals surface area contributed by atoms with E-state index in [9.17, 15) is 0 Å². The molecule has 0 saturated heterocycles. The molecule has 0 atom stereocenters. The molecule has 0 bridgehead atoms. The van der Waals surface area contributed by atoms with E-state index in [1.807, 2.05) is 0 Å². The van der Waals surface area contributed by atoms with Crippen molar-refractivity contribution in [2.24, 2.45) is 0 Å². The fourth-order valence-electron chi connectivity index (χ4n) is 5.91. The van der Waals surface area contributed by atoms with Crippen molar-refractivity contribution in [2.75, 3.05) is 16.3 Å². The standard InChI is InChI=1S/C40H52N2/c1-7-12-14-32-16-24-36(25-17-32)41(11-5)37-28-20-34(21-29-37)35-22-30-39(31-23-35)42(40(6,9-3)10-4)38-26-18-33(19-27-38)15-13-8-2/h16-31H,7-15H2,1-6H3. The van der Waals surface area contributed by atoms with Gasteiger partial charge in [-0.1, -0.05) is 89.1 Å². The third-order valence-corrected chi connectivity index (χ3v) is 9.10. The van der Waals surface area contributed by atoms with Crippen molar-refractivity contribution >= 4 is 22.7 Å². The molecule has 0 radical (unpaired) electrons. The summed E-state index contributed by atoms with van der Waals surface area (Å²) in [7, 11) is 0. The van der Waals surface area contributed by atoms with E-state index in [-0.39, 0.29) is 5.54 Å². The van der Waals surface area contributed by atoms with Crippen LogP contribution in [0, 0.1) is 0 Å². The van der Waals surface area contributed by atoms with Crippen LogP contribution in [0.25, 0.3) is 11.1 Å². The topological polar surface area (TPSA) is 6.48 Å². The first-order valence-corrected chi connectivity index (χ1v) is 16.4. The first-order valence-electron chi connectivity index (χ1n) is 16.4. The molecule has 222 valence electrons. The Kier molecular flexibility index (Phi) is 11.3. The molecule has 0 aliphatic rings. The van der Waals surface area contributed by atoms with Crippen LogP contribution in [0.5, 0.6) is 0 Å². The summed E-state index contributed by atoms with van der Waals surface area (Å²) in [4.78, 5) is 4.94. The highest BCUT2D eigenvalue weighted by Crippen LogP contribution is 2.38. The van der Waals surface area contributed by atoms with Gasteiger partial charge < -0.3 is 9.80 Å². The van der Waals surface area contributed by atoms with Gasteiger partial charge in [-0.3, -0.25) is 0 Å². The maximum Gasteiger partial charge on any atom is 0.0418 e. The number of benzene rings is 4. The Morgan fingerprint density at radius 1 is 0.476 bits per heavy atom. The summed E-state index contributed by atoms with van der Waals surface area (Å²) in [6.45, 7) is 14.7. The van der Waals surface area contributed by atoms with Gasteiger partial charge in [0, 0.05) is 34.8 Å². The van der Waals surface area contributed by atoms with E-state index in [0.717, 1.165) is 32.2 Å². The van der Waals surface area contributed by atoms with Gasteiger partial charge in [-0.2, -0.15) is 0 Å². The molecule has 0 spiro atoms. The third kappa shape index (κ3) is 7.46. The van der Waals surface area contributed by atoms with E-state index in [1.54, 1.807) is 0 Å². The number of anilines is 4. The zero-order chi connectivity index (χ0) is 30.0. The molecule has 0 aliphatic carbocycles. The van der Waals surface area contributed by atoms with E-state index < -0.39 is 0 Å². The van der Waals surface area contributed by atoms with Gasteiger partial charge in [0.2, 0.25) is 0 Å². The number of nitrogens with zero attached hydrogens (tertiary/aromatic N) is 2. The Balaban J connectivity index is 1.55. The van der Waals surface area contributed by atoms with E-state index in [1.165, 1.54) is 70.7 Å². The van der Waals surface area contributed by atoms with Gasteiger partial charge in [0.05, 0.1) is 0 Å². The molecule has 0 unspecified atom stereocenters. The average Bonchev–Trinajstić information content (AvgIpc) is 3.05. The maximum atomic E-state index is 2.55. The molecule has 4 aromatic carbocycles. The maximum absolute atomic E-state index is 2.55. The van der Waals surface area contributed by atoms with Crippen LogP contribution in [0.1, 0.15) is 91.2 Å². The molecule has 0 aliphatic heterocycles. The second kappa shape index (κ2) is 15.1. The Bertz CT molecular complexity index is 1330. The highest BCUT2D eigenvalue weighted by molar-refractivity contribution is 5.73. The minimum Gasteiger partial charge on any atom is -0.342 e. The molecule has 0 heterocycles. The lowest BCUT2D eigenvalue weighted by atomic mass is 9.91. The fraction of sp³-hybridized carbons (Fsp3) is 0.400.